The number of hydrogen-bond donors (Lipinski definition) is 1. The molecular weight excluding hydrogens is 159 g/mol. The van der Waals surface area contributed by atoms with E-state index in [0.29, 0.717) is 0 Å². The first-order valence-corrected chi connectivity index (χ1v) is 3.98. The maximum atomic E-state index is 4.15. The van der Waals surface area contributed by atoms with E-state index in [1.165, 1.54) is 11.5 Å². The van der Waals surface area contributed by atoms with Gasteiger partial charge in [-0.1, -0.05) is 0 Å². The van der Waals surface area contributed by atoms with Crippen LogP contribution in [0.3, 0.4) is 0 Å². The Morgan fingerprint density at radius 1 is 1.64 bits per heavy atom. The quantitative estimate of drug-likeness (QED) is 0.670. The topological polar surface area (TPSA) is 54.5 Å². The van der Waals surface area contributed by atoms with Crippen molar-refractivity contribution in [1.29, 1.82) is 0 Å². The summed E-state index contributed by atoms with van der Waals surface area (Å²) in [5.74, 6) is 1.54. The Morgan fingerprint density at radius 3 is 3.09 bits per heavy atom. The van der Waals surface area contributed by atoms with Gasteiger partial charge in [0.1, 0.15) is 0 Å². The van der Waals surface area contributed by atoms with Gasteiger partial charge in [-0.3, -0.25) is 0 Å². The van der Waals surface area contributed by atoms with Gasteiger partial charge in [0.15, 0.2) is 0 Å². The molecule has 2 heterocycles. The second kappa shape index (κ2) is 2.54. The number of nitrogens with zero attached hydrogens (tertiary/aromatic N) is 3. The molecule has 54 valence electrons. The van der Waals surface area contributed by atoms with Crippen molar-refractivity contribution in [2.75, 3.05) is 0 Å². The van der Waals surface area contributed by atoms with Crippen molar-refractivity contribution in [3.05, 3.63) is 11.2 Å². The molecule has 6 heteroatoms. The molecule has 2 rings (SSSR count). The van der Waals surface area contributed by atoms with Crippen LogP contribution < -0.4 is 0 Å². The van der Waals surface area contributed by atoms with Crippen LogP contribution in [0.5, 0.6) is 0 Å². The molecule has 0 aliphatic rings. The monoisotopic (exact) mass is 164 g/mol. The van der Waals surface area contributed by atoms with Gasteiger partial charge in [0, 0.05) is 0 Å². The van der Waals surface area contributed by atoms with Crippen LogP contribution in [-0.2, 0) is 0 Å². The molecule has 0 aromatic carbocycles. The van der Waals surface area contributed by atoms with E-state index >= 15 is 0 Å². The third kappa shape index (κ3) is 1.21. The average molecular weight is 164 g/mol. The third-order valence-corrected chi connectivity index (χ3v) is 1.87. The van der Waals surface area contributed by atoms with Crippen LogP contribution >= 0.6 is 11.5 Å². The van der Waals surface area contributed by atoms with Crippen molar-refractivity contribution in [3.63, 3.8) is 0 Å². The van der Waals surface area contributed by atoms with Gasteiger partial charge in [-0.2, -0.15) is 0 Å². The molecule has 0 atom stereocenters. The van der Waals surface area contributed by atoms with Crippen molar-refractivity contribution in [2.24, 2.45) is 0 Å². The van der Waals surface area contributed by atoms with Crippen molar-refractivity contribution < 1.29 is 0 Å². The Labute approximate surface area is 68.1 Å². The van der Waals surface area contributed by atoms with Crippen LogP contribution in [-0.4, -0.2) is 26.5 Å². The van der Waals surface area contributed by atoms with Crippen molar-refractivity contribution >= 4 is 18.6 Å². The number of aromatic amines is 1. The third-order valence-electron chi connectivity index (χ3n) is 1.29. The molecule has 11 heavy (non-hydrogen) atoms. The van der Waals surface area contributed by atoms with Gasteiger partial charge < -0.3 is 0 Å². The second-order valence-corrected chi connectivity index (χ2v) is 2.81. The molecule has 4 nitrogen and oxygen atoms in total. The standard InChI is InChI=1S/C5H5BN4S/c1-3-7-5(9-8-3)4-2-11-10-6-4/h2H,1H3,(H,7,8,9). The van der Waals surface area contributed by atoms with Gasteiger partial charge in [0.2, 0.25) is 0 Å². The van der Waals surface area contributed by atoms with Crippen LogP contribution in [0.15, 0.2) is 5.38 Å². The number of rotatable bonds is 1. The van der Waals surface area contributed by atoms with Crippen molar-refractivity contribution in [1.82, 2.24) is 19.5 Å². The predicted molar refractivity (Wildman–Crippen MR) is 43.6 cm³/mol. The van der Waals surface area contributed by atoms with E-state index < -0.39 is 0 Å². The predicted octanol–water partition coefficient (Wildman–Crippen LogP) is 0.575. The molecule has 2 aromatic heterocycles. The van der Waals surface area contributed by atoms with E-state index in [9.17, 15) is 0 Å². The molecule has 0 amide bonds. The van der Waals surface area contributed by atoms with Crippen LogP contribution in [0.25, 0.3) is 11.3 Å². The van der Waals surface area contributed by atoms with Gasteiger partial charge in [-0.25, -0.2) is 0 Å². The summed E-state index contributed by atoms with van der Waals surface area (Å²) in [4.78, 5) is 4.15. The Morgan fingerprint density at radius 2 is 2.55 bits per heavy atom. The number of aromatic nitrogens is 4. The number of hydrogen-bond acceptors (Lipinski definition) is 4. The van der Waals surface area contributed by atoms with Gasteiger partial charge in [-0.15, -0.1) is 0 Å². The summed E-state index contributed by atoms with van der Waals surface area (Å²) < 4.78 is 3.96. The number of aryl methyl sites for hydroxylation is 1. The first kappa shape index (κ1) is 6.66. The Hall–Kier alpha value is -1.04. The zero-order valence-corrected chi connectivity index (χ0v) is 6.72. The molecule has 0 unspecified atom stereocenters. The molecule has 0 saturated carbocycles. The summed E-state index contributed by atoms with van der Waals surface area (Å²) in [5.41, 5.74) is 0.972. The Balaban J connectivity index is 2.45. The fourth-order valence-electron chi connectivity index (χ4n) is 0.787. The van der Waals surface area contributed by atoms with Gasteiger partial charge in [0.25, 0.3) is 0 Å². The van der Waals surface area contributed by atoms with Crippen LogP contribution in [0, 0.1) is 6.92 Å². The van der Waals surface area contributed by atoms with E-state index in [1.807, 2.05) is 12.3 Å². The molecule has 1 N–H and O–H groups in total. The van der Waals surface area contributed by atoms with Crippen molar-refractivity contribution in [3.8, 4) is 11.3 Å². The number of nitrogens with one attached hydrogen (secondary N) is 1. The van der Waals surface area contributed by atoms with Crippen LogP contribution in [0.4, 0.5) is 0 Å². The first-order chi connectivity index (χ1) is 5.36. The summed E-state index contributed by atoms with van der Waals surface area (Å²) >= 11 is 1.40. The van der Waals surface area contributed by atoms with E-state index in [4.69, 9.17) is 0 Å². The molecule has 0 aliphatic carbocycles. The van der Waals surface area contributed by atoms with E-state index in [2.05, 4.69) is 19.5 Å². The molecule has 0 bridgehead atoms. The Bertz CT molecular complexity index is 341. The molecule has 0 saturated heterocycles. The van der Waals surface area contributed by atoms with Crippen LogP contribution in [0.1, 0.15) is 5.82 Å². The SMILES string of the molecule is Cc1nc(-c2bnsc2)n[nH]1. The van der Waals surface area contributed by atoms with Gasteiger partial charge in [0.05, 0.1) is 0 Å². The van der Waals surface area contributed by atoms with Crippen LogP contribution in [0.2, 0.25) is 0 Å². The molecule has 0 aliphatic heterocycles. The summed E-state index contributed by atoms with van der Waals surface area (Å²) in [6.07, 6.45) is 0. The minimum atomic E-state index is 0.719. The zero-order chi connectivity index (χ0) is 7.68. The minimum absolute atomic E-state index is 0.719. The van der Waals surface area contributed by atoms with Gasteiger partial charge >= 0.3 is 67.5 Å². The molecule has 0 fully saturated rings. The van der Waals surface area contributed by atoms with E-state index in [1.54, 1.807) is 7.05 Å². The fourth-order valence-corrected chi connectivity index (χ4v) is 1.30. The second-order valence-electron chi connectivity index (χ2n) is 2.16. The molecule has 0 radical (unpaired) electrons. The fraction of sp³-hybridized carbons (Fsp3) is 0.200. The molecular formula is C5H5BN4S. The average Bonchev–Trinajstić information content (AvgIpc) is 2.55. The number of H-pyrrole nitrogens is 1. The summed E-state index contributed by atoms with van der Waals surface area (Å²) in [6, 6.07) is 0. The summed E-state index contributed by atoms with van der Waals surface area (Å²) in [5, 5.41) is 8.68. The van der Waals surface area contributed by atoms with E-state index in [0.717, 1.165) is 17.1 Å². The zero-order valence-electron chi connectivity index (χ0n) is 5.90. The summed E-state index contributed by atoms with van der Waals surface area (Å²) in [6.45, 7) is 1.87. The normalized spacial score (nSPS) is 9.91. The Kier molecular flexibility index (Phi) is 1.54. The summed E-state index contributed by atoms with van der Waals surface area (Å²) in [7, 11) is 1.76. The molecule has 0 spiro atoms. The first-order valence-electron chi connectivity index (χ1n) is 3.15. The maximum absolute atomic E-state index is 4.15. The van der Waals surface area contributed by atoms with E-state index in [-0.39, 0.29) is 0 Å². The molecule has 2 aromatic rings. The van der Waals surface area contributed by atoms with Gasteiger partial charge in [-0.05, 0) is 0 Å². The van der Waals surface area contributed by atoms with Crippen molar-refractivity contribution in [2.45, 2.75) is 6.92 Å².